The Labute approximate surface area is 174 Å². The molecule has 3 heterocycles. The van der Waals surface area contributed by atoms with E-state index in [1.165, 1.54) is 4.68 Å². The van der Waals surface area contributed by atoms with E-state index in [2.05, 4.69) is 16.3 Å². The highest BCUT2D eigenvalue weighted by Crippen LogP contribution is 2.41. The molecule has 0 aliphatic rings. The predicted octanol–water partition coefficient (Wildman–Crippen LogP) is 2.24. The van der Waals surface area contributed by atoms with Crippen LogP contribution >= 0.6 is 11.3 Å². The number of benzene rings is 1. The molecule has 4 rings (SSSR count). The highest BCUT2D eigenvalue weighted by molar-refractivity contribution is 7.21. The lowest BCUT2D eigenvalue weighted by Gasteiger charge is -2.11. The van der Waals surface area contributed by atoms with Crippen molar-refractivity contribution in [3.63, 3.8) is 0 Å². The first kappa shape index (κ1) is 19.4. The van der Waals surface area contributed by atoms with Gasteiger partial charge in [-0.05, 0) is 21.4 Å². The molecule has 0 saturated carbocycles. The summed E-state index contributed by atoms with van der Waals surface area (Å²) < 4.78 is 6.14. The number of carbonyl (C=O) groups excluding carboxylic acids is 1. The molecule has 0 aliphatic carbocycles. The van der Waals surface area contributed by atoms with Crippen LogP contribution in [0.2, 0.25) is 0 Å². The minimum atomic E-state index is -0.824. The van der Waals surface area contributed by atoms with Crippen molar-refractivity contribution in [2.45, 2.75) is 19.8 Å². The molecule has 0 aliphatic heterocycles. The lowest BCUT2D eigenvalue weighted by atomic mass is 9.94. The van der Waals surface area contributed by atoms with Crippen molar-refractivity contribution in [1.29, 1.82) is 5.26 Å². The molecule has 0 unspecified atom stereocenters. The number of H-pyrrole nitrogens is 1. The first-order valence-corrected chi connectivity index (χ1v) is 9.81. The van der Waals surface area contributed by atoms with Crippen molar-refractivity contribution < 1.29 is 14.0 Å². The second-order valence-corrected chi connectivity index (χ2v) is 7.91. The van der Waals surface area contributed by atoms with Crippen molar-refractivity contribution in [2.75, 3.05) is 11.5 Å². The predicted molar refractivity (Wildman–Crippen MR) is 112 cm³/mol. The van der Waals surface area contributed by atoms with Crippen LogP contribution in [0.1, 0.15) is 46.3 Å². The summed E-state index contributed by atoms with van der Waals surface area (Å²) in [5, 5.41) is 12.5. The van der Waals surface area contributed by atoms with E-state index in [9.17, 15) is 14.9 Å². The highest BCUT2D eigenvalue weighted by atomic mass is 32.1. The van der Waals surface area contributed by atoms with Crippen LogP contribution in [0.25, 0.3) is 15.9 Å². The fourth-order valence-corrected chi connectivity index (χ4v) is 4.46. The standard InChI is InChI=1S/C20H16N6O3S/c1-9(2)12-11(8-21)18(23)24-19-13(12)14(22)17(30-19)16(27)15-20(28)29-25-26(15)10-6-4-3-5-7-10/h3-7,9H,1-2H3,(H4-,22,23,24,25,27,28)/p+1. The largest absolute Gasteiger partial charge is 0.439 e. The number of hydrogen-bond donors (Lipinski definition) is 3. The van der Waals surface area contributed by atoms with Crippen LogP contribution in [0.4, 0.5) is 11.5 Å². The van der Waals surface area contributed by atoms with Crippen LogP contribution in [-0.2, 0) is 0 Å². The number of aromatic amines is 1. The van der Waals surface area contributed by atoms with Gasteiger partial charge >= 0.3 is 11.3 Å². The number of aromatic nitrogens is 3. The monoisotopic (exact) mass is 421 g/mol. The molecule has 1 aromatic carbocycles. The average Bonchev–Trinajstić information content (AvgIpc) is 3.27. The Balaban J connectivity index is 1.97. The Morgan fingerprint density at radius 3 is 2.63 bits per heavy atom. The van der Waals surface area contributed by atoms with Crippen LogP contribution in [0.15, 0.2) is 39.6 Å². The molecule has 9 nitrogen and oxygen atoms in total. The van der Waals surface area contributed by atoms with Crippen LogP contribution in [0.3, 0.4) is 0 Å². The molecule has 3 aromatic heterocycles. The molecule has 0 amide bonds. The molecule has 10 heteroatoms. The number of fused-ring (bicyclic) bond motifs is 1. The molecule has 0 fully saturated rings. The maximum atomic E-state index is 13.3. The van der Waals surface area contributed by atoms with Crippen molar-refractivity contribution in [2.24, 2.45) is 0 Å². The summed E-state index contributed by atoms with van der Waals surface area (Å²) in [6, 6.07) is 10.8. The molecular formula is C20H17N6O3S+. The molecule has 0 radical (unpaired) electrons. The van der Waals surface area contributed by atoms with Crippen LogP contribution in [-0.4, -0.2) is 16.0 Å². The maximum Gasteiger partial charge on any atom is 0.439 e. The summed E-state index contributed by atoms with van der Waals surface area (Å²) in [5.74, 6) is -0.616. The second-order valence-electron chi connectivity index (χ2n) is 6.91. The summed E-state index contributed by atoms with van der Waals surface area (Å²) in [7, 11) is 0. The third kappa shape index (κ3) is 2.84. The number of nitriles is 1. The fourth-order valence-electron chi connectivity index (χ4n) is 3.40. The normalized spacial score (nSPS) is 11.1. The topological polar surface area (TPSA) is 156 Å². The number of anilines is 2. The zero-order chi connectivity index (χ0) is 21.6. The van der Waals surface area contributed by atoms with E-state index in [1.807, 2.05) is 19.9 Å². The molecule has 0 spiro atoms. The summed E-state index contributed by atoms with van der Waals surface area (Å²) in [5.41, 5.74) is 12.8. The number of nitrogens with one attached hydrogen (secondary N) is 1. The SMILES string of the molecule is CC(C)c1c(C#N)c(N)nc2sc(C(=O)c3c(=O)o[nH][n+]3-c3ccccc3)c(N)c12. The van der Waals surface area contributed by atoms with Crippen molar-refractivity contribution in [3.8, 4) is 11.8 Å². The van der Waals surface area contributed by atoms with Gasteiger partial charge in [0.1, 0.15) is 21.6 Å². The number of hydrogen-bond acceptors (Lipinski definition) is 8. The first-order valence-electron chi connectivity index (χ1n) is 9.00. The minimum absolute atomic E-state index is 0.0782. The number of ketones is 1. The number of nitrogens with two attached hydrogens (primary N) is 2. The van der Waals surface area contributed by atoms with Gasteiger partial charge < -0.3 is 11.5 Å². The lowest BCUT2D eigenvalue weighted by molar-refractivity contribution is -0.672. The number of nitrogen functional groups attached to an aromatic ring is 2. The van der Waals surface area contributed by atoms with Crippen molar-refractivity contribution >= 4 is 38.8 Å². The van der Waals surface area contributed by atoms with Gasteiger partial charge in [0, 0.05) is 17.5 Å². The lowest BCUT2D eigenvalue weighted by Crippen LogP contribution is -2.41. The molecule has 0 saturated heterocycles. The van der Waals surface area contributed by atoms with Crippen molar-refractivity contribution in [3.05, 3.63) is 62.4 Å². The van der Waals surface area contributed by atoms with E-state index in [4.69, 9.17) is 16.0 Å². The number of rotatable bonds is 4. The van der Waals surface area contributed by atoms with Gasteiger partial charge in [-0.1, -0.05) is 32.0 Å². The van der Waals surface area contributed by atoms with Crippen LogP contribution in [0, 0.1) is 11.3 Å². The number of carbonyl (C=O) groups is 1. The average molecular weight is 421 g/mol. The summed E-state index contributed by atoms with van der Waals surface area (Å²) >= 11 is 1.02. The molecular weight excluding hydrogens is 404 g/mol. The first-order chi connectivity index (χ1) is 14.3. The molecule has 0 atom stereocenters. The van der Waals surface area contributed by atoms with Crippen LogP contribution in [0.5, 0.6) is 0 Å². The molecule has 4 aromatic rings. The third-order valence-electron chi connectivity index (χ3n) is 4.71. The van der Waals surface area contributed by atoms with E-state index in [1.54, 1.807) is 24.3 Å². The summed E-state index contributed by atoms with van der Waals surface area (Å²) in [6.07, 6.45) is 0. The summed E-state index contributed by atoms with van der Waals surface area (Å²) in [6.45, 7) is 3.80. The van der Waals surface area contributed by atoms with E-state index in [-0.39, 0.29) is 33.6 Å². The van der Waals surface area contributed by atoms with Gasteiger partial charge in [0.05, 0.1) is 11.3 Å². The van der Waals surface area contributed by atoms with E-state index < -0.39 is 11.4 Å². The Morgan fingerprint density at radius 1 is 1.30 bits per heavy atom. The third-order valence-corrected chi connectivity index (χ3v) is 5.81. The molecule has 30 heavy (non-hydrogen) atoms. The Bertz CT molecular complexity index is 1390. The fraction of sp³-hybridized carbons (Fsp3) is 0.150. The Kier molecular flexibility index (Phi) is 4.60. The van der Waals surface area contributed by atoms with Crippen molar-refractivity contribution in [1.82, 2.24) is 10.3 Å². The van der Waals surface area contributed by atoms with Gasteiger partial charge in [0.25, 0.3) is 5.78 Å². The molecule has 0 bridgehead atoms. The van der Waals surface area contributed by atoms with Gasteiger partial charge in [-0.3, -0.25) is 9.32 Å². The second kappa shape index (κ2) is 7.13. The number of pyridine rings is 1. The number of thiophene rings is 1. The quantitative estimate of drug-likeness (QED) is 0.337. The number of para-hydroxylation sites is 1. The number of nitrogens with zero attached hydrogens (tertiary/aromatic N) is 3. The van der Waals surface area contributed by atoms with E-state index >= 15 is 0 Å². The van der Waals surface area contributed by atoms with Gasteiger partial charge in [-0.25, -0.2) is 9.78 Å². The Hall–Kier alpha value is -3.97. The smallest absolute Gasteiger partial charge is 0.397 e. The van der Waals surface area contributed by atoms with Gasteiger partial charge in [-0.15, -0.1) is 11.3 Å². The van der Waals surface area contributed by atoms with Gasteiger partial charge in [-0.2, -0.15) is 5.26 Å². The zero-order valence-corrected chi connectivity index (χ0v) is 16.9. The Morgan fingerprint density at radius 2 is 2.00 bits per heavy atom. The minimum Gasteiger partial charge on any atom is -0.397 e. The zero-order valence-electron chi connectivity index (χ0n) is 16.1. The van der Waals surface area contributed by atoms with Gasteiger partial charge in [0.15, 0.2) is 0 Å². The van der Waals surface area contributed by atoms with E-state index in [0.717, 1.165) is 11.3 Å². The van der Waals surface area contributed by atoms with E-state index in [0.29, 0.717) is 21.5 Å². The molecule has 150 valence electrons. The van der Waals surface area contributed by atoms with Crippen LogP contribution < -0.4 is 21.8 Å². The maximum absolute atomic E-state index is 13.3. The summed E-state index contributed by atoms with van der Waals surface area (Å²) in [4.78, 5) is 30.5. The highest BCUT2D eigenvalue weighted by Gasteiger charge is 2.35. The molecule has 5 N–H and O–H groups in total. The van der Waals surface area contributed by atoms with Gasteiger partial charge in [0.2, 0.25) is 5.69 Å².